The van der Waals surface area contributed by atoms with Crippen LogP contribution in [0.4, 0.5) is 0 Å². The number of Topliss-reactive ketones (excluding diaryl/α,β-unsaturated/α-hetero) is 1. The van der Waals surface area contributed by atoms with E-state index in [-0.39, 0.29) is 11.2 Å². The van der Waals surface area contributed by atoms with Crippen molar-refractivity contribution < 1.29 is 19.1 Å². The minimum Gasteiger partial charge on any atom is -0.468 e. The van der Waals surface area contributed by atoms with E-state index in [1.165, 1.54) is 14.0 Å². The summed E-state index contributed by atoms with van der Waals surface area (Å²) in [5.41, 5.74) is -0.0737. The fraction of sp³-hybridized carbons (Fsp3) is 0.556. The lowest BCUT2D eigenvalue weighted by atomic mass is 9.99. The van der Waals surface area contributed by atoms with Crippen LogP contribution in [0.1, 0.15) is 39.5 Å². The van der Waals surface area contributed by atoms with Crippen molar-refractivity contribution in [2.24, 2.45) is 5.92 Å². The quantitative estimate of drug-likeness (QED) is 0.200. The smallest absolute Gasteiger partial charge is 0.316 e. The molecule has 128 valence electrons. The zero-order chi connectivity index (χ0) is 17.1. The molecule has 0 fully saturated rings. The Bertz CT molecular complexity index is 475. The predicted molar refractivity (Wildman–Crippen MR) is 92.4 cm³/mol. The van der Waals surface area contributed by atoms with Gasteiger partial charge in [0.05, 0.1) is 7.11 Å². The second-order valence-corrected chi connectivity index (χ2v) is 6.58. The van der Waals surface area contributed by atoms with E-state index in [2.05, 4.69) is 6.92 Å². The molecule has 5 heteroatoms. The third-order valence-electron chi connectivity index (χ3n) is 3.48. The molecule has 4 nitrogen and oxygen atoms in total. The van der Waals surface area contributed by atoms with Crippen molar-refractivity contribution in [1.29, 1.82) is 0 Å². The standard InChI is InChI=1S/C18H26O4S/c1-4-5-13-22-17(23-15-9-7-6-8-10-15)12-11-16(14(2)19)18(20)21-3/h6-10,16-17H,4-5,11-13H2,1-3H3. The summed E-state index contributed by atoms with van der Waals surface area (Å²) >= 11 is 1.63. The first-order valence-electron chi connectivity index (χ1n) is 8.00. The van der Waals surface area contributed by atoms with E-state index < -0.39 is 11.9 Å². The molecular weight excluding hydrogens is 312 g/mol. The van der Waals surface area contributed by atoms with Gasteiger partial charge in [-0.25, -0.2) is 0 Å². The second-order valence-electron chi connectivity index (χ2n) is 5.35. The molecule has 0 heterocycles. The highest BCUT2D eigenvalue weighted by molar-refractivity contribution is 7.99. The summed E-state index contributed by atoms with van der Waals surface area (Å²) in [6.45, 7) is 4.23. The Morgan fingerprint density at radius 2 is 1.87 bits per heavy atom. The summed E-state index contributed by atoms with van der Waals surface area (Å²) in [5, 5.41) is 0. The van der Waals surface area contributed by atoms with Crippen molar-refractivity contribution in [3.05, 3.63) is 30.3 Å². The first-order valence-corrected chi connectivity index (χ1v) is 8.88. The van der Waals surface area contributed by atoms with Crippen molar-refractivity contribution in [2.45, 2.75) is 49.9 Å². The zero-order valence-corrected chi connectivity index (χ0v) is 14.9. The number of methoxy groups -OCH3 is 1. The number of hydrogen-bond donors (Lipinski definition) is 0. The van der Waals surface area contributed by atoms with Gasteiger partial charge in [0.1, 0.15) is 17.1 Å². The molecule has 0 spiro atoms. The molecule has 0 radical (unpaired) electrons. The van der Waals surface area contributed by atoms with Gasteiger partial charge in [-0.05, 0) is 38.3 Å². The van der Waals surface area contributed by atoms with Crippen LogP contribution >= 0.6 is 11.8 Å². The van der Waals surface area contributed by atoms with Gasteiger partial charge in [0, 0.05) is 11.5 Å². The van der Waals surface area contributed by atoms with Gasteiger partial charge in [-0.3, -0.25) is 9.59 Å². The lowest BCUT2D eigenvalue weighted by Gasteiger charge is -2.19. The Labute approximate surface area is 142 Å². The van der Waals surface area contributed by atoms with Crippen LogP contribution in [0.25, 0.3) is 0 Å². The Hall–Kier alpha value is -1.33. The number of esters is 1. The molecule has 23 heavy (non-hydrogen) atoms. The number of ether oxygens (including phenoxy) is 2. The molecule has 2 unspecified atom stereocenters. The molecule has 0 aliphatic heterocycles. The van der Waals surface area contributed by atoms with E-state index in [0.717, 1.165) is 17.7 Å². The summed E-state index contributed by atoms with van der Waals surface area (Å²) in [6.07, 6.45) is 3.14. The van der Waals surface area contributed by atoms with Gasteiger partial charge in [-0.1, -0.05) is 43.3 Å². The fourth-order valence-electron chi connectivity index (χ4n) is 2.12. The van der Waals surface area contributed by atoms with Crippen LogP contribution in [-0.4, -0.2) is 30.9 Å². The number of carbonyl (C=O) groups is 2. The topological polar surface area (TPSA) is 52.6 Å². The molecule has 0 bridgehead atoms. The minimum atomic E-state index is -0.700. The van der Waals surface area contributed by atoms with Gasteiger partial charge in [-0.2, -0.15) is 0 Å². The molecule has 0 aliphatic carbocycles. The Balaban J connectivity index is 2.63. The number of rotatable bonds is 11. The van der Waals surface area contributed by atoms with Crippen molar-refractivity contribution in [3.8, 4) is 0 Å². The van der Waals surface area contributed by atoms with Crippen LogP contribution in [-0.2, 0) is 19.1 Å². The molecule has 1 aromatic carbocycles. The van der Waals surface area contributed by atoms with E-state index in [4.69, 9.17) is 9.47 Å². The molecule has 0 saturated heterocycles. The highest BCUT2D eigenvalue weighted by Gasteiger charge is 2.25. The van der Waals surface area contributed by atoms with Crippen LogP contribution in [0.3, 0.4) is 0 Å². The van der Waals surface area contributed by atoms with Crippen LogP contribution in [0.5, 0.6) is 0 Å². The maximum absolute atomic E-state index is 11.7. The summed E-state index contributed by atoms with van der Waals surface area (Å²) in [7, 11) is 1.31. The van der Waals surface area contributed by atoms with Gasteiger partial charge in [0.25, 0.3) is 0 Å². The van der Waals surface area contributed by atoms with Gasteiger partial charge in [-0.15, -0.1) is 0 Å². The summed E-state index contributed by atoms with van der Waals surface area (Å²) in [4.78, 5) is 24.4. The number of thioether (sulfide) groups is 1. The van der Waals surface area contributed by atoms with Gasteiger partial charge >= 0.3 is 5.97 Å². The predicted octanol–water partition coefficient (Wildman–Crippen LogP) is 4.08. The molecule has 0 saturated carbocycles. The minimum absolute atomic E-state index is 0.0737. The SMILES string of the molecule is CCCCOC(CCC(C(C)=O)C(=O)OC)Sc1ccccc1. The summed E-state index contributed by atoms with van der Waals surface area (Å²) in [6, 6.07) is 10.0. The third-order valence-corrected chi connectivity index (χ3v) is 4.66. The van der Waals surface area contributed by atoms with E-state index in [1.54, 1.807) is 11.8 Å². The monoisotopic (exact) mass is 338 g/mol. The normalized spacial score (nSPS) is 13.3. The van der Waals surface area contributed by atoms with Gasteiger partial charge in [0.2, 0.25) is 0 Å². The molecule has 0 N–H and O–H groups in total. The van der Waals surface area contributed by atoms with E-state index in [0.29, 0.717) is 19.4 Å². The molecule has 1 aromatic rings. The first kappa shape index (κ1) is 19.7. The molecule has 2 atom stereocenters. The maximum atomic E-state index is 11.7. The number of carbonyl (C=O) groups excluding carboxylic acids is 2. The lowest BCUT2D eigenvalue weighted by Crippen LogP contribution is -2.25. The van der Waals surface area contributed by atoms with E-state index in [9.17, 15) is 9.59 Å². The molecule has 0 amide bonds. The average Bonchev–Trinajstić information content (AvgIpc) is 2.55. The van der Waals surface area contributed by atoms with Crippen LogP contribution in [0.2, 0.25) is 0 Å². The van der Waals surface area contributed by atoms with Crippen molar-refractivity contribution >= 4 is 23.5 Å². The van der Waals surface area contributed by atoms with E-state index >= 15 is 0 Å². The second kappa shape index (κ2) is 11.2. The lowest BCUT2D eigenvalue weighted by molar-refractivity contribution is -0.149. The highest BCUT2D eigenvalue weighted by atomic mass is 32.2. The Morgan fingerprint density at radius 3 is 2.43 bits per heavy atom. The van der Waals surface area contributed by atoms with Crippen LogP contribution in [0, 0.1) is 5.92 Å². The van der Waals surface area contributed by atoms with Crippen LogP contribution in [0.15, 0.2) is 35.2 Å². The van der Waals surface area contributed by atoms with Crippen molar-refractivity contribution in [1.82, 2.24) is 0 Å². The number of benzene rings is 1. The molecule has 0 aliphatic rings. The first-order chi connectivity index (χ1) is 11.1. The van der Waals surface area contributed by atoms with Gasteiger partial charge in [0.15, 0.2) is 0 Å². The molecule has 0 aromatic heterocycles. The highest BCUT2D eigenvalue weighted by Crippen LogP contribution is 2.28. The van der Waals surface area contributed by atoms with Crippen LogP contribution < -0.4 is 0 Å². The zero-order valence-electron chi connectivity index (χ0n) is 14.1. The van der Waals surface area contributed by atoms with Crippen molar-refractivity contribution in [3.63, 3.8) is 0 Å². The number of ketones is 1. The molecule has 1 rings (SSSR count). The van der Waals surface area contributed by atoms with Gasteiger partial charge < -0.3 is 9.47 Å². The number of hydrogen-bond acceptors (Lipinski definition) is 5. The maximum Gasteiger partial charge on any atom is 0.316 e. The molecular formula is C18H26O4S. The largest absolute Gasteiger partial charge is 0.468 e. The van der Waals surface area contributed by atoms with E-state index in [1.807, 2.05) is 30.3 Å². The fourth-order valence-corrected chi connectivity index (χ4v) is 3.15. The third kappa shape index (κ3) is 7.66. The average molecular weight is 338 g/mol. The number of unbranched alkanes of at least 4 members (excludes halogenated alkanes) is 1. The van der Waals surface area contributed by atoms with Crippen molar-refractivity contribution in [2.75, 3.05) is 13.7 Å². The summed E-state index contributed by atoms with van der Waals surface area (Å²) in [5.74, 6) is -1.32. The summed E-state index contributed by atoms with van der Waals surface area (Å²) < 4.78 is 10.6. The Morgan fingerprint density at radius 1 is 1.17 bits per heavy atom. The Kier molecular flexibility index (Phi) is 9.64.